The molecular formula is C41H54O7. The SMILES string of the molecule is CCC1CC(C(C)(C(=O)OC2CCOC2=O)C(C)(C)C(=O)OC23CC4CC(CC(C4)C2CC)C3)CC(O)(c2ccc3ccccc3c2)C1. The molecule has 8 atom stereocenters. The summed E-state index contributed by atoms with van der Waals surface area (Å²) in [4.78, 5) is 42.1. The van der Waals surface area contributed by atoms with Crippen molar-refractivity contribution >= 4 is 28.7 Å². The number of cyclic esters (lactones) is 1. The highest BCUT2D eigenvalue weighted by Gasteiger charge is 2.64. The zero-order chi connectivity index (χ0) is 34.1. The van der Waals surface area contributed by atoms with E-state index < -0.39 is 46.0 Å². The normalized spacial score (nSPS) is 37.2. The maximum atomic E-state index is 14.9. The number of carbonyl (C=O) groups is 3. The van der Waals surface area contributed by atoms with Crippen LogP contribution in [0.25, 0.3) is 10.8 Å². The molecule has 0 aromatic heterocycles. The van der Waals surface area contributed by atoms with E-state index in [-0.39, 0.29) is 24.9 Å². The Kier molecular flexibility index (Phi) is 8.49. The van der Waals surface area contributed by atoms with Gasteiger partial charge in [-0.25, -0.2) is 4.79 Å². The first-order valence-corrected chi connectivity index (χ1v) is 18.6. The number of ether oxygens (including phenoxy) is 3. The predicted octanol–water partition coefficient (Wildman–Crippen LogP) is 7.89. The van der Waals surface area contributed by atoms with Gasteiger partial charge in [-0.1, -0.05) is 56.7 Å². The highest BCUT2D eigenvalue weighted by atomic mass is 16.6. The van der Waals surface area contributed by atoms with Crippen molar-refractivity contribution in [2.45, 2.75) is 123 Å². The molecule has 6 aliphatic rings. The van der Waals surface area contributed by atoms with E-state index in [1.54, 1.807) is 0 Å². The standard InChI is InChI=1S/C41H54O7/c1-6-25-19-32(24-40(45,21-25)31-13-12-28-10-8-9-11-29(28)20-31)39(5,37(44)47-34-14-15-46-35(34)42)38(3,4)36(43)48-41-22-26-16-27(23-41)18-30(17-26)33(41)7-2/h8-13,20,25-27,30,32-34,45H,6-7,14-19,21-24H2,1-5H3. The van der Waals surface area contributed by atoms with Gasteiger partial charge in [-0.2, -0.15) is 0 Å². The Morgan fingerprint density at radius 3 is 2.25 bits per heavy atom. The van der Waals surface area contributed by atoms with Crippen LogP contribution in [-0.4, -0.2) is 41.3 Å². The van der Waals surface area contributed by atoms with Crippen molar-refractivity contribution in [2.24, 2.45) is 46.3 Å². The molecule has 1 saturated heterocycles. The molecule has 0 amide bonds. The molecule has 2 aromatic rings. The maximum absolute atomic E-state index is 14.9. The van der Waals surface area contributed by atoms with Crippen LogP contribution in [0.4, 0.5) is 0 Å². The number of carbonyl (C=O) groups excluding carboxylic acids is 3. The Labute approximate surface area is 285 Å². The van der Waals surface area contributed by atoms with Crippen LogP contribution >= 0.6 is 0 Å². The minimum Gasteiger partial charge on any atom is -0.463 e. The summed E-state index contributed by atoms with van der Waals surface area (Å²) >= 11 is 0. The summed E-state index contributed by atoms with van der Waals surface area (Å²) in [7, 11) is 0. The lowest BCUT2D eigenvalue weighted by atomic mass is 9.49. The zero-order valence-corrected chi connectivity index (χ0v) is 29.5. The van der Waals surface area contributed by atoms with Gasteiger partial charge in [-0.05, 0) is 131 Å². The van der Waals surface area contributed by atoms with Gasteiger partial charge in [-0.3, -0.25) is 9.59 Å². The van der Waals surface area contributed by atoms with Crippen LogP contribution in [0.5, 0.6) is 0 Å². The van der Waals surface area contributed by atoms with Gasteiger partial charge in [0, 0.05) is 12.3 Å². The molecule has 260 valence electrons. The number of rotatable bonds is 9. The van der Waals surface area contributed by atoms with Crippen LogP contribution in [0, 0.1) is 46.3 Å². The second-order valence-electron chi connectivity index (χ2n) is 17.0. The van der Waals surface area contributed by atoms with Gasteiger partial charge >= 0.3 is 17.9 Å². The third-order valence-electron chi connectivity index (χ3n) is 14.1. The van der Waals surface area contributed by atoms with Gasteiger partial charge in [0.1, 0.15) is 5.60 Å². The topological polar surface area (TPSA) is 99.1 Å². The Balaban J connectivity index is 1.26. The van der Waals surface area contributed by atoms with Crippen molar-refractivity contribution in [3.05, 3.63) is 48.0 Å². The van der Waals surface area contributed by atoms with Gasteiger partial charge in [-0.15, -0.1) is 0 Å². The average molecular weight is 659 g/mol. The first kappa shape index (κ1) is 33.6. The summed E-state index contributed by atoms with van der Waals surface area (Å²) in [6.45, 7) is 10.0. The molecule has 5 aliphatic carbocycles. The van der Waals surface area contributed by atoms with Crippen LogP contribution in [0.1, 0.15) is 111 Å². The first-order chi connectivity index (χ1) is 22.8. The van der Waals surface area contributed by atoms with E-state index in [4.69, 9.17) is 14.2 Å². The Morgan fingerprint density at radius 1 is 0.896 bits per heavy atom. The van der Waals surface area contributed by atoms with Crippen LogP contribution in [0.3, 0.4) is 0 Å². The Bertz CT molecular complexity index is 1570. The summed E-state index contributed by atoms with van der Waals surface area (Å²) < 4.78 is 18.0. The summed E-state index contributed by atoms with van der Waals surface area (Å²) in [5, 5.41) is 14.7. The molecule has 1 aliphatic heterocycles. The van der Waals surface area contributed by atoms with Crippen LogP contribution in [0.2, 0.25) is 0 Å². The first-order valence-electron chi connectivity index (χ1n) is 18.6. The van der Waals surface area contributed by atoms with E-state index >= 15 is 0 Å². The second kappa shape index (κ2) is 12.1. The minimum absolute atomic E-state index is 0.114. The highest BCUT2D eigenvalue weighted by Crippen LogP contribution is 2.62. The van der Waals surface area contributed by atoms with Crippen molar-refractivity contribution in [3.63, 3.8) is 0 Å². The van der Waals surface area contributed by atoms with E-state index in [9.17, 15) is 19.5 Å². The number of aliphatic hydroxyl groups is 1. The molecular weight excluding hydrogens is 604 g/mol. The van der Waals surface area contributed by atoms with E-state index in [0.29, 0.717) is 42.9 Å². The number of benzene rings is 2. The zero-order valence-electron chi connectivity index (χ0n) is 29.5. The van der Waals surface area contributed by atoms with Crippen molar-refractivity contribution in [2.75, 3.05) is 6.61 Å². The fourth-order valence-electron chi connectivity index (χ4n) is 11.2. The molecule has 48 heavy (non-hydrogen) atoms. The second-order valence-corrected chi connectivity index (χ2v) is 17.0. The summed E-state index contributed by atoms with van der Waals surface area (Å²) in [5.74, 6) is 0.280. The number of hydrogen-bond donors (Lipinski definition) is 1. The van der Waals surface area contributed by atoms with Gasteiger partial charge in [0.2, 0.25) is 6.10 Å². The molecule has 0 radical (unpaired) electrons. The molecule has 2 aromatic carbocycles. The van der Waals surface area contributed by atoms with Gasteiger partial charge < -0.3 is 19.3 Å². The smallest absolute Gasteiger partial charge is 0.347 e. The van der Waals surface area contributed by atoms with Gasteiger partial charge in [0.25, 0.3) is 0 Å². The quantitative estimate of drug-likeness (QED) is 0.216. The lowest BCUT2D eigenvalue weighted by Gasteiger charge is -2.61. The molecule has 1 N–H and O–H groups in total. The minimum atomic E-state index is -1.39. The van der Waals surface area contributed by atoms with Crippen molar-refractivity contribution in [1.29, 1.82) is 0 Å². The number of esters is 3. The van der Waals surface area contributed by atoms with E-state index in [0.717, 1.165) is 42.0 Å². The van der Waals surface area contributed by atoms with E-state index in [1.165, 1.54) is 19.3 Å². The van der Waals surface area contributed by atoms with Gasteiger partial charge in [0.15, 0.2) is 0 Å². The maximum Gasteiger partial charge on any atom is 0.347 e. The lowest BCUT2D eigenvalue weighted by molar-refractivity contribution is -0.228. The van der Waals surface area contributed by atoms with E-state index in [2.05, 4.69) is 32.0 Å². The highest BCUT2D eigenvalue weighted by molar-refractivity contribution is 5.90. The van der Waals surface area contributed by atoms with Crippen LogP contribution in [0.15, 0.2) is 42.5 Å². The number of hydrogen-bond acceptors (Lipinski definition) is 7. The van der Waals surface area contributed by atoms with Crippen molar-refractivity contribution in [1.82, 2.24) is 0 Å². The monoisotopic (exact) mass is 658 g/mol. The summed E-state index contributed by atoms with van der Waals surface area (Å²) in [6.07, 6.45) is 8.08. The molecule has 5 saturated carbocycles. The molecule has 7 nitrogen and oxygen atoms in total. The molecule has 8 rings (SSSR count). The fourth-order valence-corrected chi connectivity index (χ4v) is 11.2. The molecule has 4 bridgehead atoms. The van der Waals surface area contributed by atoms with E-state index in [1.807, 2.05) is 45.0 Å². The van der Waals surface area contributed by atoms with Gasteiger partial charge in [0.05, 0.1) is 23.0 Å². The number of fused-ring (bicyclic) bond motifs is 1. The summed E-state index contributed by atoms with van der Waals surface area (Å²) in [6, 6.07) is 14.2. The van der Waals surface area contributed by atoms with Crippen LogP contribution in [-0.2, 0) is 34.2 Å². The van der Waals surface area contributed by atoms with Crippen molar-refractivity contribution < 1.29 is 33.7 Å². The lowest BCUT2D eigenvalue weighted by Crippen LogP contribution is -2.62. The Hall–Kier alpha value is -2.93. The third-order valence-corrected chi connectivity index (χ3v) is 14.1. The largest absolute Gasteiger partial charge is 0.463 e. The third kappa shape index (κ3) is 5.38. The summed E-state index contributed by atoms with van der Waals surface area (Å²) in [5.41, 5.74) is -3.59. The fraction of sp³-hybridized carbons (Fsp3) is 0.683. The molecule has 1 heterocycles. The van der Waals surface area contributed by atoms with Crippen molar-refractivity contribution in [3.8, 4) is 0 Å². The predicted molar refractivity (Wildman–Crippen MR) is 182 cm³/mol. The molecule has 7 heteroatoms. The average Bonchev–Trinajstić information content (AvgIpc) is 3.46. The molecule has 8 unspecified atom stereocenters. The van der Waals surface area contributed by atoms with Crippen LogP contribution < -0.4 is 0 Å². The Morgan fingerprint density at radius 2 is 1.60 bits per heavy atom. The molecule has 0 spiro atoms. The molecule has 6 fully saturated rings.